The highest BCUT2D eigenvalue weighted by molar-refractivity contribution is 8.04. The van der Waals surface area contributed by atoms with Crippen LogP contribution in [0.5, 0.6) is 0 Å². The van der Waals surface area contributed by atoms with Crippen molar-refractivity contribution in [2.75, 3.05) is 7.05 Å². The maximum absolute atomic E-state index is 6.19. The van der Waals surface area contributed by atoms with Gasteiger partial charge >= 0.3 is 0 Å². The Balaban J connectivity index is 1.96. The van der Waals surface area contributed by atoms with Gasteiger partial charge in [-0.1, -0.05) is 13.8 Å². The molecule has 0 aromatic rings. The molecule has 1 aliphatic heterocycles. The van der Waals surface area contributed by atoms with Crippen molar-refractivity contribution in [2.24, 2.45) is 11.7 Å². The van der Waals surface area contributed by atoms with E-state index in [1.165, 1.54) is 24.2 Å². The van der Waals surface area contributed by atoms with Gasteiger partial charge in [0.25, 0.3) is 0 Å². The predicted octanol–water partition coefficient (Wildman–Crippen LogP) is 2.37. The second-order valence-corrected chi connectivity index (χ2v) is 6.24. The van der Waals surface area contributed by atoms with Crippen LogP contribution in [0.2, 0.25) is 0 Å². The fourth-order valence-electron chi connectivity index (χ4n) is 1.77. The SMILES string of the molecule is CC(C)CC1SC(C2(N)CC2)=CN1C. The summed E-state index contributed by atoms with van der Waals surface area (Å²) in [6, 6.07) is 0. The average Bonchev–Trinajstić information content (AvgIpc) is 2.71. The summed E-state index contributed by atoms with van der Waals surface area (Å²) in [5.74, 6) is 0.760. The molecule has 3 heteroatoms. The van der Waals surface area contributed by atoms with Gasteiger partial charge in [0.05, 0.1) is 5.37 Å². The minimum Gasteiger partial charge on any atom is -0.367 e. The van der Waals surface area contributed by atoms with Crippen molar-refractivity contribution in [3.05, 3.63) is 11.1 Å². The van der Waals surface area contributed by atoms with Crippen molar-refractivity contribution in [1.82, 2.24) is 4.90 Å². The van der Waals surface area contributed by atoms with Crippen molar-refractivity contribution >= 4 is 11.8 Å². The van der Waals surface area contributed by atoms with E-state index in [0.29, 0.717) is 5.37 Å². The Kier molecular flexibility index (Phi) is 2.56. The van der Waals surface area contributed by atoms with Gasteiger partial charge in [-0.2, -0.15) is 0 Å². The minimum absolute atomic E-state index is 0.0602. The molecule has 1 unspecified atom stereocenters. The van der Waals surface area contributed by atoms with Crippen molar-refractivity contribution in [1.29, 1.82) is 0 Å². The van der Waals surface area contributed by atoms with E-state index in [-0.39, 0.29) is 5.54 Å². The molecule has 80 valence electrons. The van der Waals surface area contributed by atoms with Gasteiger partial charge in [0.1, 0.15) is 0 Å². The zero-order valence-electron chi connectivity index (χ0n) is 9.29. The largest absolute Gasteiger partial charge is 0.367 e. The summed E-state index contributed by atoms with van der Waals surface area (Å²) in [7, 11) is 2.17. The van der Waals surface area contributed by atoms with Gasteiger partial charge in [-0.05, 0) is 25.2 Å². The Bertz CT molecular complexity index is 256. The Labute approximate surface area is 90.9 Å². The minimum atomic E-state index is 0.0602. The molecule has 1 heterocycles. The molecule has 0 aromatic carbocycles. The van der Waals surface area contributed by atoms with E-state index >= 15 is 0 Å². The standard InChI is InChI=1S/C11H20N2S/c1-8(2)6-10-13(3)7-9(14-10)11(12)4-5-11/h7-8,10H,4-6,12H2,1-3H3. The zero-order chi connectivity index (χ0) is 10.3. The molecule has 2 nitrogen and oxygen atoms in total. The van der Waals surface area contributed by atoms with Gasteiger partial charge < -0.3 is 10.6 Å². The van der Waals surface area contributed by atoms with Crippen LogP contribution in [-0.2, 0) is 0 Å². The summed E-state index contributed by atoms with van der Waals surface area (Å²) in [6.45, 7) is 4.56. The van der Waals surface area contributed by atoms with Crippen molar-refractivity contribution < 1.29 is 0 Å². The third kappa shape index (κ3) is 1.94. The summed E-state index contributed by atoms with van der Waals surface area (Å²) in [5, 5.41) is 0.617. The van der Waals surface area contributed by atoms with Crippen LogP contribution in [0.4, 0.5) is 0 Å². The van der Waals surface area contributed by atoms with Crippen LogP contribution in [0.15, 0.2) is 11.1 Å². The lowest BCUT2D eigenvalue weighted by molar-refractivity contribution is 0.378. The second-order valence-electron chi connectivity index (χ2n) is 5.02. The predicted molar refractivity (Wildman–Crippen MR) is 62.8 cm³/mol. The Morgan fingerprint density at radius 3 is 2.79 bits per heavy atom. The van der Waals surface area contributed by atoms with Gasteiger partial charge in [-0.25, -0.2) is 0 Å². The second kappa shape index (κ2) is 3.46. The van der Waals surface area contributed by atoms with Gasteiger partial charge in [-0.3, -0.25) is 0 Å². The molecule has 0 aromatic heterocycles. The fraction of sp³-hybridized carbons (Fsp3) is 0.818. The summed E-state index contributed by atoms with van der Waals surface area (Å²) in [6.07, 6.45) is 5.85. The molecule has 1 saturated carbocycles. The molecule has 0 radical (unpaired) electrons. The maximum atomic E-state index is 6.19. The van der Waals surface area contributed by atoms with Crippen molar-refractivity contribution in [2.45, 2.75) is 44.0 Å². The summed E-state index contributed by atoms with van der Waals surface area (Å²) in [5.41, 5.74) is 6.25. The Hall–Kier alpha value is -0.150. The van der Waals surface area contributed by atoms with Crippen LogP contribution in [0.1, 0.15) is 33.1 Å². The Morgan fingerprint density at radius 1 is 1.64 bits per heavy atom. The van der Waals surface area contributed by atoms with Crippen LogP contribution in [0.3, 0.4) is 0 Å². The van der Waals surface area contributed by atoms with Crippen LogP contribution in [-0.4, -0.2) is 22.9 Å². The fourth-order valence-corrected chi connectivity index (χ4v) is 3.44. The van der Waals surface area contributed by atoms with Crippen LogP contribution in [0.25, 0.3) is 0 Å². The lowest BCUT2D eigenvalue weighted by Gasteiger charge is -2.21. The molecule has 14 heavy (non-hydrogen) atoms. The van der Waals surface area contributed by atoms with E-state index in [2.05, 4.69) is 32.0 Å². The molecular weight excluding hydrogens is 192 g/mol. The number of hydrogen-bond donors (Lipinski definition) is 1. The first-order valence-electron chi connectivity index (χ1n) is 5.41. The first-order valence-corrected chi connectivity index (χ1v) is 6.29. The van der Waals surface area contributed by atoms with E-state index in [0.717, 1.165) is 5.92 Å². The Morgan fingerprint density at radius 2 is 2.29 bits per heavy atom. The lowest BCUT2D eigenvalue weighted by atomic mass is 10.1. The lowest BCUT2D eigenvalue weighted by Crippen LogP contribution is -2.22. The molecule has 2 rings (SSSR count). The van der Waals surface area contributed by atoms with E-state index in [9.17, 15) is 0 Å². The summed E-state index contributed by atoms with van der Waals surface area (Å²) in [4.78, 5) is 3.73. The monoisotopic (exact) mass is 212 g/mol. The third-order valence-electron chi connectivity index (χ3n) is 2.99. The number of nitrogens with two attached hydrogens (primary N) is 1. The molecule has 2 aliphatic rings. The van der Waals surface area contributed by atoms with E-state index in [1.54, 1.807) is 0 Å². The highest BCUT2D eigenvalue weighted by Crippen LogP contribution is 2.50. The first-order chi connectivity index (χ1) is 6.51. The third-order valence-corrected chi connectivity index (χ3v) is 4.55. The van der Waals surface area contributed by atoms with Gasteiger partial charge in [-0.15, -0.1) is 11.8 Å². The summed E-state index contributed by atoms with van der Waals surface area (Å²) < 4.78 is 0. The number of hydrogen-bond acceptors (Lipinski definition) is 3. The molecule has 0 amide bonds. The molecule has 0 bridgehead atoms. The topological polar surface area (TPSA) is 29.3 Å². The quantitative estimate of drug-likeness (QED) is 0.779. The van der Waals surface area contributed by atoms with Gasteiger partial charge in [0, 0.05) is 23.7 Å². The van der Waals surface area contributed by atoms with Crippen molar-refractivity contribution in [3.63, 3.8) is 0 Å². The maximum Gasteiger partial charge on any atom is 0.0788 e. The van der Waals surface area contributed by atoms with Crippen LogP contribution in [0, 0.1) is 5.92 Å². The number of rotatable bonds is 3. The molecule has 0 saturated heterocycles. The van der Waals surface area contributed by atoms with Gasteiger partial charge in [0.15, 0.2) is 0 Å². The number of thioether (sulfide) groups is 1. The highest BCUT2D eigenvalue weighted by atomic mass is 32.2. The molecular formula is C11H20N2S. The molecule has 2 N–H and O–H groups in total. The van der Waals surface area contributed by atoms with Gasteiger partial charge in [0.2, 0.25) is 0 Å². The van der Waals surface area contributed by atoms with Crippen LogP contribution >= 0.6 is 11.8 Å². The average molecular weight is 212 g/mol. The summed E-state index contributed by atoms with van der Waals surface area (Å²) >= 11 is 1.98. The van der Waals surface area contributed by atoms with Crippen LogP contribution < -0.4 is 5.73 Å². The van der Waals surface area contributed by atoms with E-state index < -0.39 is 0 Å². The molecule has 0 spiro atoms. The molecule has 1 atom stereocenters. The molecule has 1 fully saturated rings. The molecule has 1 aliphatic carbocycles. The normalized spacial score (nSPS) is 29.6. The van der Waals surface area contributed by atoms with E-state index in [4.69, 9.17) is 5.73 Å². The zero-order valence-corrected chi connectivity index (χ0v) is 10.1. The van der Waals surface area contributed by atoms with Crippen molar-refractivity contribution in [3.8, 4) is 0 Å². The first kappa shape index (κ1) is 10.4. The smallest absolute Gasteiger partial charge is 0.0788 e. The van der Waals surface area contributed by atoms with E-state index in [1.807, 2.05) is 11.8 Å². The highest BCUT2D eigenvalue weighted by Gasteiger charge is 2.45. The number of nitrogens with zero attached hydrogens (tertiary/aromatic N) is 1.